The topological polar surface area (TPSA) is 102 Å². The Hall–Kier alpha value is -3.35. The Morgan fingerprint density at radius 2 is 2.02 bits per heavy atom. The number of nitrogens with zero attached hydrogens (tertiary/aromatic N) is 4. The van der Waals surface area contributed by atoms with Gasteiger partial charge in [0.15, 0.2) is 0 Å². The van der Waals surface area contributed by atoms with Crippen molar-refractivity contribution in [1.29, 1.82) is 0 Å². The van der Waals surface area contributed by atoms with Gasteiger partial charge in [-0.1, -0.05) is 0 Å². The molecule has 0 radical (unpaired) electrons. The first-order valence-corrected chi connectivity index (χ1v) is 14.1. The number of anilines is 1. The van der Waals surface area contributed by atoms with Gasteiger partial charge in [-0.2, -0.15) is 13.2 Å². The lowest BCUT2D eigenvalue weighted by atomic mass is 10.1. The van der Waals surface area contributed by atoms with Gasteiger partial charge in [0.25, 0.3) is 0 Å². The van der Waals surface area contributed by atoms with E-state index in [2.05, 4.69) is 30.5 Å². The molecule has 218 valence electrons. The fraction of sp³-hybridized carbons (Fsp3) is 0.517. The van der Waals surface area contributed by atoms with E-state index in [0.717, 1.165) is 63.0 Å². The molecule has 2 aromatic heterocycles. The third kappa shape index (κ3) is 6.29. The monoisotopic (exact) mass is 570 g/mol. The molecule has 41 heavy (non-hydrogen) atoms. The molecule has 2 aliphatic heterocycles. The molecule has 4 atom stereocenters. The Morgan fingerprint density at radius 1 is 1.12 bits per heavy atom. The van der Waals surface area contributed by atoms with Gasteiger partial charge in [-0.15, -0.1) is 0 Å². The van der Waals surface area contributed by atoms with E-state index in [1.807, 2.05) is 12.3 Å². The summed E-state index contributed by atoms with van der Waals surface area (Å²) in [5.74, 6) is -0.115. The maximum absolute atomic E-state index is 13.3. The molecular formula is C29H33F3N6O3. The van der Waals surface area contributed by atoms with Gasteiger partial charge < -0.3 is 20.1 Å². The zero-order chi connectivity index (χ0) is 28.4. The minimum Gasteiger partial charge on any atom is -0.381 e. The molecule has 2 fully saturated rings. The average molecular weight is 571 g/mol. The third-order valence-corrected chi connectivity index (χ3v) is 8.26. The standard InChI is InChI=1S/C29H33F3N6O3/c30-29(31,32)19-4-5-23-22(12-19)28(36-17-35-23)34-14-27(39)37-24-15-38(20-2-1-10-40-11-8-20)16-26(24)41-25-6-3-18-13-33-9-7-21(18)25/h4-5,7,9,12-13,17,20,24-26H,1-3,6,8,10-11,14-16H2,(H,37,39)(H,34,35,36)/t20?,24?,25?,26-/m0/s1. The molecule has 4 heterocycles. The van der Waals surface area contributed by atoms with Crippen LogP contribution in [0.2, 0.25) is 0 Å². The third-order valence-electron chi connectivity index (χ3n) is 8.26. The number of ether oxygens (including phenoxy) is 2. The van der Waals surface area contributed by atoms with E-state index in [0.29, 0.717) is 24.6 Å². The van der Waals surface area contributed by atoms with E-state index in [1.165, 1.54) is 18.0 Å². The minimum absolute atomic E-state index is 0.0526. The Kier molecular flexibility index (Phi) is 8.05. The summed E-state index contributed by atoms with van der Waals surface area (Å²) in [6.07, 6.45) is 4.94. The van der Waals surface area contributed by atoms with Crippen LogP contribution in [-0.4, -0.2) is 76.8 Å². The molecule has 3 aromatic rings. The number of fused-ring (bicyclic) bond motifs is 2. The molecule has 9 nitrogen and oxygen atoms in total. The number of likely N-dealkylation sites (tertiary alicyclic amines) is 1. The summed E-state index contributed by atoms with van der Waals surface area (Å²) < 4.78 is 52.2. The molecule has 3 aliphatic rings. The molecule has 3 unspecified atom stereocenters. The lowest BCUT2D eigenvalue weighted by Crippen LogP contribution is -2.46. The molecular weight excluding hydrogens is 537 g/mol. The van der Waals surface area contributed by atoms with Crippen LogP contribution in [0.3, 0.4) is 0 Å². The number of aryl methyl sites for hydroxylation is 1. The lowest BCUT2D eigenvalue weighted by molar-refractivity contribution is -0.137. The molecule has 6 rings (SSSR count). The van der Waals surface area contributed by atoms with E-state index in [1.54, 1.807) is 6.20 Å². The maximum Gasteiger partial charge on any atom is 0.416 e. The predicted molar refractivity (Wildman–Crippen MR) is 145 cm³/mol. The van der Waals surface area contributed by atoms with Crippen molar-refractivity contribution in [2.24, 2.45) is 0 Å². The van der Waals surface area contributed by atoms with E-state index in [9.17, 15) is 18.0 Å². The zero-order valence-corrected chi connectivity index (χ0v) is 22.6. The average Bonchev–Trinajstić information content (AvgIpc) is 3.44. The number of alkyl halides is 3. The molecule has 0 spiro atoms. The molecule has 0 bridgehead atoms. The van der Waals surface area contributed by atoms with Gasteiger partial charge in [0.2, 0.25) is 5.91 Å². The summed E-state index contributed by atoms with van der Waals surface area (Å²) in [4.78, 5) is 27.9. The van der Waals surface area contributed by atoms with Gasteiger partial charge in [0.05, 0.1) is 35.9 Å². The van der Waals surface area contributed by atoms with Crippen molar-refractivity contribution in [2.75, 3.05) is 38.2 Å². The van der Waals surface area contributed by atoms with Crippen LogP contribution in [0.4, 0.5) is 19.0 Å². The molecule has 0 saturated carbocycles. The SMILES string of the molecule is O=C(CNc1ncnc2ccc(C(F)(F)F)cc12)NC1CN(C2CCCOCC2)C[C@@H]1OC1CCc2cnccc21. The Bertz CT molecular complexity index is 1380. The van der Waals surface area contributed by atoms with Gasteiger partial charge in [0, 0.05) is 50.1 Å². The second-order valence-electron chi connectivity index (χ2n) is 10.9. The van der Waals surface area contributed by atoms with Gasteiger partial charge in [-0.05, 0) is 67.5 Å². The first kappa shape index (κ1) is 27.8. The second-order valence-corrected chi connectivity index (χ2v) is 10.9. The first-order valence-electron chi connectivity index (χ1n) is 14.1. The number of rotatable bonds is 7. The minimum atomic E-state index is -4.50. The molecule has 2 saturated heterocycles. The van der Waals surface area contributed by atoms with E-state index in [-0.39, 0.29) is 41.9 Å². The molecule has 1 aromatic carbocycles. The van der Waals surface area contributed by atoms with E-state index < -0.39 is 11.7 Å². The number of halogens is 3. The highest BCUT2D eigenvalue weighted by atomic mass is 19.4. The van der Waals surface area contributed by atoms with Gasteiger partial charge in [0.1, 0.15) is 12.1 Å². The maximum atomic E-state index is 13.3. The number of amides is 1. The molecule has 12 heteroatoms. The summed E-state index contributed by atoms with van der Waals surface area (Å²) in [5.41, 5.74) is 1.91. The number of aromatic nitrogens is 3. The number of carbonyl (C=O) groups excluding carboxylic acids is 1. The molecule has 2 N–H and O–H groups in total. The Balaban J connectivity index is 1.15. The quantitative estimate of drug-likeness (QED) is 0.441. The van der Waals surface area contributed by atoms with Crippen molar-refractivity contribution >= 4 is 22.6 Å². The zero-order valence-electron chi connectivity index (χ0n) is 22.6. The van der Waals surface area contributed by atoms with Crippen LogP contribution in [0.5, 0.6) is 0 Å². The highest BCUT2D eigenvalue weighted by Crippen LogP contribution is 2.36. The van der Waals surface area contributed by atoms with Gasteiger partial charge in [-0.25, -0.2) is 9.97 Å². The Labute approximate surface area is 235 Å². The van der Waals surface area contributed by atoms with Crippen LogP contribution in [0.1, 0.15) is 48.5 Å². The second kappa shape index (κ2) is 11.9. The fourth-order valence-corrected chi connectivity index (χ4v) is 6.18. The predicted octanol–water partition coefficient (Wildman–Crippen LogP) is 3.90. The van der Waals surface area contributed by atoms with Crippen LogP contribution in [0.25, 0.3) is 10.9 Å². The largest absolute Gasteiger partial charge is 0.416 e. The summed E-state index contributed by atoms with van der Waals surface area (Å²) in [6, 6.07) is 5.42. The smallest absolute Gasteiger partial charge is 0.381 e. The normalized spacial score (nSPS) is 25.1. The summed E-state index contributed by atoms with van der Waals surface area (Å²) >= 11 is 0. The van der Waals surface area contributed by atoms with Crippen LogP contribution < -0.4 is 10.6 Å². The van der Waals surface area contributed by atoms with Crippen LogP contribution >= 0.6 is 0 Å². The van der Waals surface area contributed by atoms with Crippen molar-refractivity contribution < 1.29 is 27.4 Å². The van der Waals surface area contributed by atoms with Crippen LogP contribution in [0.15, 0.2) is 43.0 Å². The summed E-state index contributed by atoms with van der Waals surface area (Å²) in [6.45, 7) is 2.70. The van der Waals surface area contributed by atoms with Crippen molar-refractivity contribution in [3.8, 4) is 0 Å². The number of carbonyl (C=O) groups is 1. The lowest BCUT2D eigenvalue weighted by Gasteiger charge is -2.26. The molecule has 1 amide bonds. The van der Waals surface area contributed by atoms with Crippen molar-refractivity contribution in [3.63, 3.8) is 0 Å². The van der Waals surface area contributed by atoms with Gasteiger partial charge >= 0.3 is 6.18 Å². The highest BCUT2D eigenvalue weighted by molar-refractivity contribution is 5.91. The summed E-state index contributed by atoms with van der Waals surface area (Å²) in [7, 11) is 0. The Morgan fingerprint density at radius 3 is 2.90 bits per heavy atom. The van der Waals surface area contributed by atoms with Crippen LogP contribution in [0, 0.1) is 0 Å². The van der Waals surface area contributed by atoms with E-state index >= 15 is 0 Å². The van der Waals surface area contributed by atoms with Crippen molar-refractivity contribution in [2.45, 2.75) is 62.6 Å². The van der Waals surface area contributed by atoms with Crippen molar-refractivity contribution in [1.82, 2.24) is 25.2 Å². The van der Waals surface area contributed by atoms with Crippen LogP contribution in [-0.2, 0) is 26.9 Å². The first-order chi connectivity index (χ1) is 19.8. The highest BCUT2D eigenvalue weighted by Gasteiger charge is 2.40. The number of benzene rings is 1. The number of nitrogens with one attached hydrogen (secondary N) is 2. The molecule has 1 aliphatic carbocycles. The number of pyridine rings is 1. The number of hydrogen-bond acceptors (Lipinski definition) is 8. The van der Waals surface area contributed by atoms with Crippen molar-refractivity contribution in [3.05, 3.63) is 59.7 Å². The number of hydrogen-bond donors (Lipinski definition) is 2. The fourth-order valence-electron chi connectivity index (χ4n) is 6.18. The van der Waals surface area contributed by atoms with Gasteiger partial charge in [-0.3, -0.25) is 14.7 Å². The van der Waals surface area contributed by atoms with E-state index in [4.69, 9.17) is 9.47 Å². The summed E-state index contributed by atoms with van der Waals surface area (Å²) in [5, 5.41) is 6.25.